The van der Waals surface area contributed by atoms with Gasteiger partial charge in [-0.15, -0.1) is 21.5 Å². The highest BCUT2D eigenvalue weighted by molar-refractivity contribution is 7.13. The van der Waals surface area contributed by atoms with Gasteiger partial charge in [-0.2, -0.15) is 0 Å². The zero-order chi connectivity index (χ0) is 15.5. The highest BCUT2D eigenvalue weighted by atomic mass is 35.5. The molecule has 2 heterocycles. The summed E-state index contributed by atoms with van der Waals surface area (Å²) in [6, 6.07) is 11.8. The summed E-state index contributed by atoms with van der Waals surface area (Å²) in [6.07, 6.45) is 0. The van der Waals surface area contributed by atoms with Crippen molar-refractivity contribution >= 4 is 22.9 Å². The van der Waals surface area contributed by atoms with Gasteiger partial charge < -0.3 is 4.42 Å². The number of nitrogens with one attached hydrogen (secondary N) is 1. The first-order valence-corrected chi connectivity index (χ1v) is 8.28. The van der Waals surface area contributed by atoms with E-state index < -0.39 is 0 Å². The van der Waals surface area contributed by atoms with E-state index in [0.29, 0.717) is 11.8 Å². The molecule has 0 saturated carbocycles. The zero-order valence-electron chi connectivity index (χ0n) is 12.3. The molecule has 0 bridgehead atoms. The molecule has 0 spiro atoms. The number of rotatable bonds is 5. The smallest absolute Gasteiger partial charge is 0.257 e. The number of hydrogen-bond donors (Lipinski definition) is 1. The van der Waals surface area contributed by atoms with Crippen LogP contribution >= 0.6 is 22.9 Å². The van der Waals surface area contributed by atoms with Gasteiger partial charge >= 0.3 is 0 Å². The minimum Gasteiger partial charge on any atom is -0.418 e. The van der Waals surface area contributed by atoms with Crippen LogP contribution in [-0.2, 0) is 0 Å². The third kappa shape index (κ3) is 3.21. The van der Waals surface area contributed by atoms with E-state index >= 15 is 0 Å². The van der Waals surface area contributed by atoms with Gasteiger partial charge in [-0.05, 0) is 36.9 Å². The molecule has 114 valence electrons. The fraction of sp³-hybridized carbons (Fsp3) is 0.250. The minimum atomic E-state index is -0.0625. The Kier molecular flexibility index (Phi) is 4.57. The number of benzene rings is 1. The first-order chi connectivity index (χ1) is 10.6. The van der Waals surface area contributed by atoms with Crippen LogP contribution in [0.1, 0.15) is 37.4 Å². The topological polar surface area (TPSA) is 51.0 Å². The number of aromatic nitrogens is 2. The van der Waals surface area contributed by atoms with Crippen LogP contribution in [-0.4, -0.2) is 10.2 Å². The van der Waals surface area contributed by atoms with E-state index in [9.17, 15) is 0 Å². The molecular weight excluding hydrogens is 318 g/mol. The molecular formula is C16H16ClN3OS. The summed E-state index contributed by atoms with van der Waals surface area (Å²) in [7, 11) is 0. The molecule has 0 radical (unpaired) electrons. The van der Waals surface area contributed by atoms with Gasteiger partial charge in [0.15, 0.2) is 0 Å². The van der Waals surface area contributed by atoms with E-state index in [2.05, 4.69) is 22.4 Å². The molecule has 22 heavy (non-hydrogen) atoms. The zero-order valence-corrected chi connectivity index (χ0v) is 13.9. The van der Waals surface area contributed by atoms with Crippen molar-refractivity contribution in [1.82, 2.24) is 15.5 Å². The molecule has 0 fully saturated rings. The predicted octanol–water partition coefficient (Wildman–Crippen LogP) is 4.86. The number of nitrogens with zero attached hydrogens (tertiary/aromatic N) is 2. The second-order valence-electron chi connectivity index (χ2n) is 5.05. The Bertz CT molecular complexity index is 741. The van der Waals surface area contributed by atoms with Gasteiger partial charge in [-0.1, -0.05) is 35.9 Å². The van der Waals surface area contributed by atoms with Crippen molar-refractivity contribution in [3.05, 3.63) is 58.3 Å². The van der Waals surface area contributed by atoms with E-state index in [-0.39, 0.29) is 12.1 Å². The van der Waals surface area contributed by atoms with Crippen LogP contribution in [0.15, 0.2) is 46.2 Å². The average molecular weight is 334 g/mol. The summed E-state index contributed by atoms with van der Waals surface area (Å²) < 4.78 is 5.75. The van der Waals surface area contributed by atoms with Crippen LogP contribution in [0.2, 0.25) is 5.02 Å². The second-order valence-corrected chi connectivity index (χ2v) is 6.41. The highest BCUT2D eigenvalue weighted by Crippen LogP contribution is 2.27. The third-order valence-electron chi connectivity index (χ3n) is 3.41. The van der Waals surface area contributed by atoms with E-state index in [4.69, 9.17) is 16.0 Å². The van der Waals surface area contributed by atoms with E-state index in [1.807, 2.05) is 48.7 Å². The lowest BCUT2D eigenvalue weighted by molar-refractivity contribution is 0.395. The Hall–Kier alpha value is -1.69. The van der Waals surface area contributed by atoms with Crippen molar-refractivity contribution in [3.8, 4) is 10.8 Å². The van der Waals surface area contributed by atoms with Gasteiger partial charge in [-0.25, -0.2) is 0 Å². The normalized spacial score (nSPS) is 14.0. The lowest BCUT2D eigenvalue weighted by Gasteiger charge is -2.18. The van der Waals surface area contributed by atoms with Crippen molar-refractivity contribution in [2.24, 2.45) is 0 Å². The second kappa shape index (κ2) is 6.60. The summed E-state index contributed by atoms with van der Waals surface area (Å²) in [5.74, 6) is 1.13. The van der Waals surface area contributed by atoms with Crippen molar-refractivity contribution in [2.75, 3.05) is 0 Å². The van der Waals surface area contributed by atoms with Gasteiger partial charge in [0.05, 0.1) is 10.9 Å². The van der Waals surface area contributed by atoms with Crippen molar-refractivity contribution < 1.29 is 4.42 Å². The quantitative estimate of drug-likeness (QED) is 0.724. The SMILES string of the molecule is C[C@H](N[C@H](C)c1ccccc1Cl)c1nnc(-c2cccs2)o1. The molecule has 2 atom stereocenters. The Morgan fingerprint density at radius 2 is 1.91 bits per heavy atom. The Morgan fingerprint density at radius 1 is 1.09 bits per heavy atom. The molecule has 6 heteroatoms. The van der Waals surface area contributed by atoms with Crippen molar-refractivity contribution in [2.45, 2.75) is 25.9 Å². The van der Waals surface area contributed by atoms with Gasteiger partial charge in [0.25, 0.3) is 5.89 Å². The molecule has 4 nitrogen and oxygen atoms in total. The fourth-order valence-electron chi connectivity index (χ4n) is 2.27. The Labute approximate surface area is 138 Å². The highest BCUT2D eigenvalue weighted by Gasteiger charge is 2.18. The molecule has 2 aromatic heterocycles. The molecule has 0 aliphatic heterocycles. The number of halogens is 1. The van der Waals surface area contributed by atoms with E-state index in [1.165, 1.54) is 0 Å². The molecule has 0 saturated heterocycles. The van der Waals surface area contributed by atoms with Crippen molar-refractivity contribution in [1.29, 1.82) is 0 Å². The van der Waals surface area contributed by atoms with Crippen LogP contribution in [0.5, 0.6) is 0 Å². The van der Waals surface area contributed by atoms with Gasteiger partial charge in [0, 0.05) is 11.1 Å². The maximum atomic E-state index is 6.23. The molecule has 1 N–H and O–H groups in total. The molecule has 0 amide bonds. The number of thiophene rings is 1. The van der Waals surface area contributed by atoms with Crippen LogP contribution in [0.25, 0.3) is 10.8 Å². The van der Waals surface area contributed by atoms with Gasteiger partial charge in [0.2, 0.25) is 5.89 Å². The summed E-state index contributed by atoms with van der Waals surface area (Å²) in [5.41, 5.74) is 1.05. The average Bonchev–Trinajstić information content (AvgIpc) is 3.18. The third-order valence-corrected chi connectivity index (χ3v) is 4.62. The maximum absolute atomic E-state index is 6.23. The van der Waals surface area contributed by atoms with E-state index in [1.54, 1.807) is 11.3 Å². The monoisotopic (exact) mass is 333 g/mol. The van der Waals surface area contributed by atoms with Crippen LogP contribution < -0.4 is 5.32 Å². The Balaban J connectivity index is 1.72. The molecule has 0 aliphatic carbocycles. The molecule has 3 rings (SSSR count). The van der Waals surface area contributed by atoms with Gasteiger partial charge in [0.1, 0.15) is 0 Å². The van der Waals surface area contributed by atoms with Crippen LogP contribution in [0.3, 0.4) is 0 Å². The molecule has 0 unspecified atom stereocenters. The van der Waals surface area contributed by atoms with Gasteiger partial charge in [-0.3, -0.25) is 5.32 Å². The van der Waals surface area contributed by atoms with E-state index in [0.717, 1.165) is 15.5 Å². The summed E-state index contributed by atoms with van der Waals surface area (Å²) in [4.78, 5) is 0.977. The largest absolute Gasteiger partial charge is 0.418 e. The first-order valence-electron chi connectivity index (χ1n) is 7.03. The summed E-state index contributed by atoms with van der Waals surface area (Å²) in [6.45, 7) is 4.06. The van der Waals surface area contributed by atoms with Crippen LogP contribution in [0.4, 0.5) is 0 Å². The lowest BCUT2D eigenvalue weighted by atomic mass is 10.1. The summed E-state index contributed by atoms with van der Waals surface area (Å²) >= 11 is 7.81. The Morgan fingerprint density at radius 3 is 2.64 bits per heavy atom. The molecule has 1 aromatic carbocycles. The molecule has 0 aliphatic rings. The summed E-state index contributed by atoms with van der Waals surface area (Å²) in [5, 5.41) is 14.4. The predicted molar refractivity (Wildman–Crippen MR) is 89.0 cm³/mol. The maximum Gasteiger partial charge on any atom is 0.257 e. The number of hydrogen-bond acceptors (Lipinski definition) is 5. The first kappa shape index (κ1) is 15.2. The lowest BCUT2D eigenvalue weighted by Crippen LogP contribution is -2.23. The van der Waals surface area contributed by atoms with Crippen molar-refractivity contribution in [3.63, 3.8) is 0 Å². The van der Waals surface area contributed by atoms with Crippen LogP contribution in [0, 0.1) is 0 Å². The fourth-order valence-corrected chi connectivity index (χ4v) is 3.22. The minimum absolute atomic E-state index is 0.0625. The molecule has 3 aromatic rings. The standard InChI is InChI=1S/C16H16ClN3OS/c1-10(12-6-3-4-7-13(12)17)18-11(2)15-19-20-16(21-15)14-8-5-9-22-14/h3-11,18H,1-2H3/t10-,11+/m1/s1.